The lowest BCUT2D eigenvalue weighted by Gasteiger charge is -2.29. The lowest BCUT2D eigenvalue weighted by Crippen LogP contribution is -2.46. The van der Waals surface area contributed by atoms with Crippen molar-refractivity contribution in [3.05, 3.63) is 29.8 Å². The van der Waals surface area contributed by atoms with Gasteiger partial charge in [0.15, 0.2) is 9.84 Å². The van der Waals surface area contributed by atoms with Gasteiger partial charge < -0.3 is 0 Å². The summed E-state index contributed by atoms with van der Waals surface area (Å²) in [7, 11) is -3.51. The summed E-state index contributed by atoms with van der Waals surface area (Å²) in [5.41, 5.74) is 0.105. The molecule has 0 radical (unpaired) electrons. The Labute approximate surface area is 130 Å². The van der Waals surface area contributed by atoms with Gasteiger partial charge in [-0.25, -0.2) is 13.4 Å². The fourth-order valence-corrected chi connectivity index (χ4v) is 3.34. The molecule has 6 nitrogen and oxygen atoms in total. The van der Waals surface area contributed by atoms with Gasteiger partial charge in [-0.2, -0.15) is 0 Å². The minimum Gasteiger partial charge on any atom is -0.273 e. The predicted octanol–water partition coefficient (Wildman–Crippen LogP) is 1.34. The van der Waals surface area contributed by atoms with E-state index in [1.54, 1.807) is 26.0 Å². The van der Waals surface area contributed by atoms with Crippen LogP contribution in [0.25, 0.3) is 0 Å². The molecule has 0 aromatic heterocycles. The molecule has 7 heteroatoms. The summed E-state index contributed by atoms with van der Waals surface area (Å²) in [5.74, 6) is -0.811. The van der Waals surface area contributed by atoms with Gasteiger partial charge in [0.25, 0.3) is 5.91 Å². The maximum Gasteiger partial charge on any atom is 0.273 e. The molecule has 1 saturated heterocycles. The van der Waals surface area contributed by atoms with Crippen LogP contribution >= 0.6 is 0 Å². The van der Waals surface area contributed by atoms with Crippen LogP contribution in [0.2, 0.25) is 0 Å². The maximum absolute atomic E-state index is 12.7. The van der Waals surface area contributed by atoms with E-state index in [0.717, 1.165) is 6.26 Å². The lowest BCUT2D eigenvalue weighted by molar-refractivity contribution is -0.143. The van der Waals surface area contributed by atoms with Crippen molar-refractivity contribution in [1.29, 1.82) is 0 Å². The van der Waals surface area contributed by atoms with Gasteiger partial charge in [-0.1, -0.05) is 26.0 Å². The molecule has 1 aromatic carbocycles. The quantitative estimate of drug-likeness (QED) is 0.841. The van der Waals surface area contributed by atoms with E-state index < -0.39 is 15.7 Å². The minimum atomic E-state index is -3.51. The van der Waals surface area contributed by atoms with Gasteiger partial charge in [0.05, 0.1) is 10.5 Å². The molecule has 120 valence electrons. The molecule has 2 amide bonds. The second-order valence-electron chi connectivity index (χ2n) is 5.67. The van der Waals surface area contributed by atoms with Crippen LogP contribution in [0.3, 0.4) is 0 Å². The van der Waals surface area contributed by atoms with E-state index in [1.807, 2.05) is 0 Å². The Bertz CT molecular complexity index is 697. The minimum absolute atomic E-state index is 0.0103. The molecule has 1 aromatic rings. The molecule has 1 aliphatic heterocycles. The van der Waals surface area contributed by atoms with Crippen LogP contribution in [0.1, 0.15) is 30.6 Å². The molecular formula is C15H20N2O4S. The van der Waals surface area contributed by atoms with Gasteiger partial charge in [0, 0.05) is 25.3 Å². The van der Waals surface area contributed by atoms with Gasteiger partial charge in [-0.15, -0.1) is 0 Å². The van der Waals surface area contributed by atoms with Gasteiger partial charge in [0.1, 0.15) is 0 Å². The largest absolute Gasteiger partial charge is 0.273 e. The van der Waals surface area contributed by atoms with Crippen molar-refractivity contribution in [1.82, 2.24) is 10.0 Å². The number of carbonyl (C=O) groups is 2. The zero-order valence-electron chi connectivity index (χ0n) is 12.9. The number of hydrazine groups is 1. The Kier molecular flexibility index (Phi) is 4.55. The van der Waals surface area contributed by atoms with Crippen molar-refractivity contribution in [2.45, 2.75) is 25.2 Å². The summed E-state index contributed by atoms with van der Waals surface area (Å²) in [6, 6.07) is 6.09. The van der Waals surface area contributed by atoms with Crippen LogP contribution in [0.15, 0.2) is 29.2 Å². The number of rotatable bonds is 3. The molecule has 1 aliphatic rings. The summed E-state index contributed by atoms with van der Waals surface area (Å²) in [4.78, 5) is 24.9. The molecular weight excluding hydrogens is 304 g/mol. The predicted molar refractivity (Wildman–Crippen MR) is 81.8 cm³/mol. The van der Waals surface area contributed by atoms with Crippen LogP contribution < -0.4 is 0 Å². The van der Waals surface area contributed by atoms with E-state index in [1.165, 1.54) is 22.2 Å². The van der Waals surface area contributed by atoms with Crippen molar-refractivity contribution in [2.24, 2.45) is 5.92 Å². The summed E-state index contributed by atoms with van der Waals surface area (Å²) in [6.45, 7) is 4.43. The summed E-state index contributed by atoms with van der Waals surface area (Å²) >= 11 is 0. The number of benzene rings is 1. The molecule has 0 spiro atoms. The number of hydrogen-bond donors (Lipinski definition) is 0. The average molecular weight is 324 g/mol. The third kappa shape index (κ3) is 3.14. The first-order valence-corrected chi connectivity index (χ1v) is 9.05. The van der Waals surface area contributed by atoms with Crippen LogP contribution in [-0.2, 0) is 14.6 Å². The third-order valence-corrected chi connectivity index (χ3v) is 4.69. The number of amides is 2. The summed E-state index contributed by atoms with van der Waals surface area (Å²) in [5, 5.41) is 2.78. The van der Waals surface area contributed by atoms with E-state index in [-0.39, 0.29) is 22.3 Å². The normalized spacial score (nSPS) is 15.5. The van der Waals surface area contributed by atoms with E-state index in [2.05, 4.69) is 0 Å². The van der Waals surface area contributed by atoms with Crippen LogP contribution in [0, 0.1) is 5.92 Å². The van der Waals surface area contributed by atoms with Crippen molar-refractivity contribution in [2.75, 3.05) is 19.3 Å². The van der Waals surface area contributed by atoms with E-state index in [9.17, 15) is 18.0 Å². The molecule has 0 unspecified atom stereocenters. The molecule has 22 heavy (non-hydrogen) atoms. The maximum atomic E-state index is 12.7. The molecule has 1 heterocycles. The second-order valence-corrected chi connectivity index (χ2v) is 7.65. The number of hydrogen-bond acceptors (Lipinski definition) is 4. The zero-order chi connectivity index (χ0) is 16.5. The molecule has 0 atom stereocenters. The van der Waals surface area contributed by atoms with Gasteiger partial charge in [0.2, 0.25) is 5.91 Å². The Hall–Kier alpha value is -1.89. The average Bonchev–Trinajstić information content (AvgIpc) is 2.93. The Morgan fingerprint density at radius 2 is 1.68 bits per heavy atom. The van der Waals surface area contributed by atoms with E-state index in [4.69, 9.17) is 0 Å². The summed E-state index contributed by atoms with van der Waals surface area (Å²) in [6.07, 6.45) is 1.76. The smallest absolute Gasteiger partial charge is 0.273 e. The van der Waals surface area contributed by atoms with Crippen LogP contribution in [-0.4, -0.2) is 49.6 Å². The monoisotopic (exact) mass is 324 g/mol. The fraction of sp³-hybridized carbons (Fsp3) is 0.467. The fourth-order valence-electron chi connectivity index (χ4n) is 2.46. The highest BCUT2D eigenvalue weighted by atomic mass is 32.2. The van der Waals surface area contributed by atoms with Crippen molar-refractivity contribution in [3.63, 3.8) is 0 Å². The third-order valence-electron chi connectivity index (χ3n) is 3.53. The number of nitrogens with zero attached hydrogens (tertiary/aromatic N) is 2. The van der Waals surface area contributed by atoms with Crippen molar-refractivity contribution >= 4 is 21.7 Å². The highest BCUT2D eigenvalue weighted by Crippen LogP contribution is 2.22. The standard InChI is InChI=1S/C15H20N2O4S/c1-11(2)14(18)16-9-6-10-17(16)15(19)12-7-4-5-8-13(12)22(3,20)21/h4-5,7-8,11H,6,9-10H2,1-3H3. The van der Waals surface area contributed by atoms with Crippen molar-refractivity contribution < 1.29 is 18.0 Å². The van der Waals surface area contributed by atoms with Gasteiger partial charge >= 0.3 is 0 Å². The SMILES string of the molecule is CC(C)C(=O)N1CCCN1C(=O)c1ccccc1S(C)(=O)=O. The molecule has 1 fully saturated rings. The van der Waals surface area contributed by atoms with E-state index >= 15 is 0 Å². The Morgan fingerprint density at radius 1 is 1.09 bits per heavy atom. The zero-order valence-corrected chi connectivity index (χ0v) is 13.8. The van der Waals surface area contributed by atoms with Gasteiger partial charge in [-0.05, 0) is 18.6 Å². The Balaban J connectivity index is 2.39. The number of carbonyl (C=O) groups excluding carboxylic acids is 2. The summed E-state index contributed by atoms with van der Waals surface area (Å²) < 4.78 is 23.7. The molecule has 0 bridgehead atoms. The number of sulfone groups is 1. The first-order chi connectivity index (χ1) is 10.2. The molecule has 0 saturated carbocycles. The van der Waals surface area contributed by atoms with E-state index in [0.29, 0.717) is 19.5 Å². The first kappa shape index (κ1) is 16.5. The molecule has 0 N–H and O–H groups in total. The van der Waals surface area contributed by atoms with Gasteiger partial charge in [-0.3, -0.25) is 14.6 Å². The Morgan fingerprint density at radius 3 is 2.27 bits per heavy atom. The van der Waals surface area contributed by atoms with Crippen LogP contribution in [0.5, 0.6) is 0 Å². The van der Waals surface area contributed by atoms with Crippen LogP contribution in [0.4, 0.5) is 0 Å². The topological polar surface area (TPSA) is 74.8 Å². The second kappa shape index (κ2) is 6.08. The van der Waals surface area contributed by atoms with Crippen molar-refractivity contribution in [3.8, 4) is 0 Å². The lowest BCUT2D eigenvalue weighted by atomic mass is 10.2. The highest BCUT2D eigenvalue weighted by molar-refractivity contribution is 7.90. The molecule has 2 rings (SSSR count). The highest BCUT2D eigenvalue weighted by Gasteiger charge is 2.34. The molecule has 0 aliphatic carbocycles. The first-order valence-electron chi connectivity index (χ1n) is 7.15.